The van der Waals surface area contributed by atoms with E-state index in [1.165, 1.54) is 0 Å². The van der Waals surface area contributed by atoms with Gasteiger partial charge in [-0.15, -0.1) is 0 Å². The molecule has 1 aliphatic heterocycles. The Bertz CT molecular complexity index is 750. The number of anilines is 1. The van der Waals surface area contributed by atoms with Gasteiger partial charge in [-0.25, -0.2) is 4.99 Å². The molecule has 1 aliphatic rings. The Labute approximate surface area is 142 Å². The normalized spacial score (nSPS) is 14.1. The van der Waals surface area contributed by atoms with Crippen LogP contribution in [0.15, 0.2) is 47.5 Å². The van der Waals surface area contributed by atoms with Gasteiger partial charge in [0.25, 0.3) is 5.91 Å². The molecule has 2 aromatic carbocycles. The van der Waals surface area contributed by atoms with Crippen molar-refractivity contribution in [3.05, 3.63) is 53.6 Å². The predicted molar refractivity (Wildman–Crippen MR) is 98.1 cm³/mol. The molecule has 0 aromatic heterocycles. The van der Waals surface area contributed by atoms with E-state index in [1.807, 2.05) is 77.3 Å². The van der Waals surface area contributed by atoms with Gasteiger partial charge in [0.05, 0.1) is 11.4 Å². The van der Waals surface area contributed by atoms with Gasteiger partial charge < -0.3 is 10.2 Å². The van der Waals surface area contributed by atoms with Crippen LogP contribution in [0.5, 0.6) is 5.75 Å². The van der Waals surface area contributed by atoms with E-state index in [2.05, 4.69) is 10.3 Å². The molecule has 0 unspecified atom stereocenters. The lowest BCUT2D eigenvalue weighted by Gasteiger charge is -2.11. The van der Waals surface area contributed by atoms with E-state index in [0.29, 0.717) is 11.4 Å². The van der Waals surface area contributed by atoms with Crippen LogP contribution >= 0.6 is 0 Å². The second-order valence-corrected chi connectivity index (χ2v) is 5.36. The minimum absolute atomic E-state index is 0.172. The van der Waals surface area contributed by atoms with Crippen LogP contribution in [0.4, 0.5) is 11.4 Å². The molecular weight excluding hydrogens is 302 g/mol. The van der Waals surface area contributed by atoms with E-state index in [4.69, 9.17) is 4.84 Å². The number of carbonyl (C=O) groups is 1. The average Bonchev–Trinajstić information content (AvgIpc) is 2.85. The lowest BCUT2D eigenvalue weighted by atomic mass is 10.1. The molecule has 0 atom stereocenters. The van der Waals surface area contributed by atoms with E-state index in [-0.39, 0.29) is 5.91 Å². The van der Waals surface area contributed by atoms with E-state index in [1.54, 1.807) is 5.06 Å². The maximum atomic E-state index is 12.1. The van der Waals surface area contributed by atoms with Gasteiger partial charge in [-0.2, -0.15) is 5.06 Å². The second kappa shape index (κ2) is 7.75. The van der Waals surface area contributed by atoms with Gasteiger partial charge in [0.1, 0.15) is 11.5 Å². The van der Waals surface area contributed by atoms with Gasteiger partial charge in [0, 0.05) is 19.7 Å². The Morgan fingerprint density at radius 3 is 2.33 bits per heavy atom. The van der Waals surface area contributed by atoms with Gasteiger partial charge in [-0.05, 0) is 42.8 Å². The summed E-state index contributed by atoms with van der Waals surface area (Å²) in [6.07, 6.45) is 0. The van der Waals surface area contributed by atoms with Crippen molar-refractivity contribution in [1.82, 2.24) is 5.06 Å². The Kier molecular flexibility index (Phi) is 5.71. The topological polar surface area (TPSA) is 53.9 Å². The van der Waals surface area contributed by atoms with Crippen LogP contribution in [0.25, 0.3) is 0 Å². The highest BCUT2D eigenvalue weighted by Crippen LogP contribution is 2.27. The molecule has 0 saturated carbocycles. The SMILES string of the molecule is CC.Cc1ccc2c(c1)NC(=O)C2=Nc1ccc(ON(C)C)cc1. The molecule has 5 heteroatoms. The zero-order valence-corrected chi connectivity index (χ0v) is 14.8. The standard InChI is InChI=1S/C17H17N3O2.C2H6/c1-11-4-9-14-15(10-11)19-17(21)16(14)18-12-5-7-13(8-6-12)22-20(2)3;1-2/h4-10H,1-3H3,(H,18,19,21);1-2H3. The van der Waals surface area contributed by atoms with Crippen molar-refractivity contribution in [2.24, 2.45) is 4.99 Å². The molecule has 2 aromatic rings. The minimum Gasteiger partial charge on any atom is -0.407 e. The summed E-state index contributed by atoms with van der Waals surface area (Å²) in [7, 11) is 3.63. The molecule has 1 heterocycles. The van der Waals surface area contributed by atoms with E-state index >= 15 is 0 Å². The highest BCUT2D eigenvalue weighted by Gasteiger charge is 2.25. The molecule has 3 rings (SSSR count). The summed E-state index contributed by atoms with van der Waals surface area (Å²) in [6.45, 7) is 5.99. The number of amides is 1. The van der Waals surface area contributed by atoms with Gasteiger partial charge >= 0.3 is 0 Å². The molecule has 1 amide bonds. The van der Waals surface area contributed by atoms with Crippen LogP contribution in [-0.2, 0) is 4.79 Å². The predicted octanol–water partition coefficient (Wildman–Crippen LogP) is 3.95. The first kappa shape index (κ1) is 17.7. The molecule has 126 valence electrons. The smallest absolute Gasteiger partial charge is 0.275 e. The summed E-state index contributed by atoms with van der Waals surface area (Å²) in [5, 5.41) is 4.46. The first-order valence-electron chi connectivity index (χ1n) is 7.99. The second-order valence-electron chi connectivity index (χ2n) is 5.36. The summed E-state index contributed by atoms with van der Waals surface area (Å²) in [6, 6.07) is 13.1. The molecule has 0 bridgehead atoms. The summed E-state index contributed by atoms with van der Waals surface area (Å²) < 4.78 is 0. The van der Waals surface area contributed by atoms with Gasteiger partial charge in [0.2, 0.25) is 0 Å². The maximum Gasteiger partial charge on any atom is 0.275 e. The lowest BCUT2D eigenvalue weighted by molar-refractivity contribution is -0.110. The largest absolute Gasteiger partial charge is 0.407 e. The monoisotopic (exact) mass is 325 g/mol. The molecule has 0 aliphatic carbocycles. The van der Waals surface area contributed by atoms with Crippen LogP contribution < -0.4 is 10.2 Å². The van der Waals surface area contributed by atoms with Crippen molar-refractivity contribution in [2.45, 2.75) is 20.8 Å². The van der Waals surface area contributed by atoms with Gasteiger partial charge in [0.15, 0.2) is 0 Å². The maximum absolute atomic E-state index is 12.1. The number of hydrogen-bond donors (Lipinski definition) is 1. The summed E-state index contributed by atoms with van der Waals surface area (Å²) in [5.74, 6) is 0.551. The fourth-order valence-electron chi connectivity index (χ4n) is 2.30. The van der Waals surface area contributed by atoms with Gasteiger partial charge in [-0.1, -0.05) is 26.0 Å². The number of benzene rings is 2. The molecule has 0 radical (unpaired) electrons. The van der Waals surface area contributed by atoms with E-state index in [0.717, 1.165) is 22.6 Å². The summed E-state index contributed by atoms with van der Waals surface area (Å²) in [4.78, 5) is 22.0. The van der Waals surface area contributed by atoms with Crippen molar-refractivity contribution in [3.8, 4) is 5.75 Å². The van der Waals surface area contributed by atoms with Crippen LogP contribution in [0.2, 0.25) is 0 Å². The molecule has 0 spiro atoms. The summed E-state index contributed by atoms with van der Waals surface area (Å²) >= 11 is 0. The molecular formula is C19H23N3O2. The van der Waals surface area contributed by atoms with Crippen molar-refractivity contribution < 1.29 is 9.63 Å². The van der Waals surface area contributed by atoms with Crippen molar-refractivity contribution in [2.75, 3.05) is 19.4 Å². The number of aliphatic imine (C=N–C) groups is 1. The number of nitrogens with one attached hydrogen (secondary N) is 1. The number of hydrogen-bond acceptors (Lipinski definition) is 4. The first-order valence-corrected chi connectivity index (χ1v) is 7.99. The van der Waals surface area contributed by atoms with Gasteiger partial charge in [-0.3, -0.25) is 4.79 Å². The lowest BCUT2D eigenvalue weighted by Crippen LogP contribution is -2.15. The first-order chi connectivity index (χ1) is 11.5. The number of hydroxylamine groups is 2. The van der Waals surface area contributed by atoms with Crippen LogP contribution in [0.1, 0.15) is 25.0 Å². The fourth-order valence-corrected chi connectivity index (χ4v) is 2.30. The Morgan fingerprint density at radius 2 is 1.71 bits per heavy atom. The molecule has 0 fully saturated rings. The Hall–Kier alpha value is -2.66. The average molecular weight is 325 g/mol. The zero-order valence-electron chi connectivity index (χ0n) is 14.8. The number of carbonyl (C=O) groups excluding carboxylic acids is 1. The van der Waals surface area contributed by atoms with Crippen molar-refractivity contribution in [3.63, 3.8) is 0 Å². The van der Waals surface area contributed by atoms with Crippen LogP contribution in [-0.4, -0.2) is 30.8 Å². The van der Waals surface area contributed by atoms with Crippen molar-refractivity contribution >= 4 is 23.0 Å². The zero-order chi connectivity index (χ0) is 17.7. The van der Waals surface area contributed by atoms with Crippen LogP contribution in [0, 0.1) is 6.92 Å². The molecule has 5 nitrogen and oxygen atoms in total. The number of rotatable bonds is 3. The highest BCUT2D eigenvalue weighted by atomic mass is 16.7. The van der Waals surface area contributed by atoms with Crippen molar-refractivity contribution in [1.29, 1.82) is 0 Å². The third-order valence-corrected chi connectivity index (χ3v) is 3.26. The Balaban J connectivity index is 0.00000100. The number of aryl methyl sites for hydroxylation is 1. The quantitative estimate of drug-likeness (QED) is 0.869. The Morgan fingerprint density at radius 1 is 1.04 bits per heavy atom. The highest BCUT2D eigenvalue weighted by molar-refractivity contribution is 6.54. The number of fused-ring (bicyclic) bond motifs is 1. The van der Waals surface area contributed by atoms with E-state index in [9.17, 15) is 4.79 Å². The molecule has 0 saturated heterocycles. The molecule has 1 N–H and O–H groups in total. The van der Waals surface area contributed by atoms with Crippen LogP contribution in [0.3, 0.4) is 0 Å². The molecule has 24 heavy (non-hydrogen) atoms. The third kappa shape index (κ3) is 4.00. The van der Waals surface area contributed by atoms with E-state index < -0.39 is 0 Å². The minimum atomic E-state index is -0.172. The third-order valence-electron chi connectivity index (χ3n) is 3.26. The summed E-state index contributed by atoms with van der Waals surface area (Å²) in [5.41, 5.74) is 3.91. The fraction of sp³-hybridized carbons (Fsp3) is 0.263. The number of nitrogens with zero attached hydrogens (tertiary/aromatic N) is 2.